The van der Waals surface area contributed by atoms with Gasteiger partial charge in [-0.2, -0.15) is 0 Å². The van der Waals surface area contributed by atoms with Crippen molar-refractivity contribution in [3.05, 3.63) is 29.8 Å². The van der Waals surface area contributed by atoms with Gasteiger partial charge in [-0.25, -0.2) is 0 Å². The third-order valence-electron chi connectivity index (χ3n) is 4.28. The van der Waals surface area contributed by atoms with E-state index in [0.717, 1.165) is 17.6 Å². The summed E-state index contributed by atoms with van der Waals surface area (Å²) in [4.78, 5) is 35.7. The summed E-state index contributed by atoms with van der Waals surface area (Å²) in [5.74, 6) is -0.542. The number of ether oxygens (including phenoxy) is 1. The van der Waals surface area contributed by atoms with Crippen LogP contribution in [-0.4, -0.2) is 25.0 Å². The first kappa shape index (κ1) is 15.4. The predicted molar refractivity (Wildman–Crippen MR) is 78.2 cm³/mol. The van der Waals surface area contributed by atoms with E-state index in [4.69, 9.17) is 4.74 Å². The second-order valence-corrected chi connectivity index (χ2v) is 6.17. The first-order chi connectivity index (χ1) is 9.89. The van der Waals surface area contributed by atoms with E-state index in [1.807, 2.05) is 24.3 Å². The number of rotatable bonds is 5. The van der Waals surface area contributed by atoms with Crippen LogP contribution >= 0.6 is 0 Å². The number of carbonyl (C=O) groups excluding carboxylic acids is 3. The van der Waals surface area contributed by atoms with Gasteiger partial charge in [0.15, 0.2) is 0 Å². The molecule has 2 atom stereocenters. The summed E-state index contributed by atoms with van der Waals surface area (Å²) >= 11 is 0. The van der Waals surface area contributed by atoms with Gasteiger partial charge < -0.3 is 9.53 Å². The van der Waals surface area contributed by atoms with Crippen molar-refractivity contribution in [2.45, 2.75) is 26.7 Å². The number of aldehydes is 1. The Bertz CT molecular complexity index is 557. The number of methoxy groups -OCH3 is 1. The maximum Gasteiger partial charge on any atom is 0.148 e. The van der Waals surface area contributed by atoms with Crippen molar-refractivity contribution in [1.82, 2.24) is 0 Å². The molecule has 1 fully saturated rings. The molecule has 21 heavy (non-hydrogen) atoms. The van der Waals surface area contributed by atoms with Crippen LogP contribution in [0, 0.1) is 17.3 Å². The standard InChI is InChI=1S/C17H20O4/c1-17(2,10-18)14-9-15(19)13(16(14)20)8-11-4-6-12(21-3)7-5-11/h4-7,10,13-14H,8-9H2,1-3H3/t13?,14-/m0/s1. The van der Waals surface area contributed by atoms with Gasteiger partial charge >= 0.3 is 0 Å². The van der Waals surface area contributed by atoms with Crippen molar-refractivity contribution < 1.29 is 19.1 Å². The second kappa shape index (κ2) is 5.80. The zero-order valence-corrected chi connectivity index (χ0v) is 12.6. The Morgan fingerprint density at radius 1 is 1.24 bits per heavy atom. The first-order valence-electron chi connectivity index (χ1n) is 7.04. The van der Waals surface area contributed by atoms with Crippen molar-refractivity contribution >= 4 is 17.9 Å². The van der Waals surface area contributed by atoms with Crippen molar-refractivity contribution in [1.29, 1.82) is 0 Å². The predicted octanol–water partition coefficient (Wildman–Crippen LogP) is 2.24. The van der Waals surface area contributed by atoms with E-state index in [9.17, 15) is 14.4 Å². The monoisotopic (exact) mass is 288 g/mol. The molecule has 0 spiro atoms. The topological polar surface area (TPSA) is 60.4 Å². The Labute approximate surface area is 124 Å². The summed E-state index contributed by atoms with van der Waals surface area (Å²) in [5, 5.41) is 0. The molecule has 0 heterocycles. The normalized spacial score (nSPS) is 22.4. The molecule has 0 radical (unpaired) electrons. The van der Waals surface area contributed by atoms with E-state index in [1.165, 1.54) is 0 Å². The summed E-state index contributed by atoms with van der Waals surface area (Å²) < 4.78 is 5.08. The van der Waals surface area contributed by atoms with Crippen LogP contribution in [0.3, 0.4) is 0 Å². The molecule has 0 amide bonds. The zero-order valence-electron chi connectivity index (χ0n) is 12.6. The van der Waals surface area contributed by atoms with Gasteiger partial charge in [0, 0.05) is 17.8 Å². The number of hydrogen-bond acceptors (Lipinski definition) is 4. The Hall–Kier alpha value is -1.97. The number of benzene rings is 1. The highest BCUT2D eigenvalue weighted by Crippen LogP contribution is 2.38. The van der Waals surface area contributed by atoms with E-state index < -0.39 is 17.3 Å². The third kappa shape index (κ3) is 3.04. The summed E-state index contributed by atoms with van der Waals surface area (Å²) in [7, 11) is 1.59. The lowest BCUT2D eigenvalue weighted by Gasteiger charge is -2.23. The lowest BCUT2D eigenvalue weighted by Crippen LogP contribution is -2.31. The number of ketones is 2. The van der Waals surface area contributed by atoms with Crippen LogP contribution in [0.5, 0.6) is 5.75 Å². The Morgan fingerprint density at radius 3 is 2.38 bits per heavy atom. The molecular weight excluding hydrogens is 268 g/mol. The lowest BCUT2D eigenvalue weighted by atomic mass is 9.77. The van der Waals surface area contributed by atoms with Crippen LogP contribution in [0.2, 0.25) is 0 Å². The highest BCUT2D eigenvalue weighted by molar-refractivity contribution is 6.11. The molecule has 1 aliphatic rings. The fourth-order valence-electron chi connectivity index (χ4n) is 2.77. The fourth-order valence-corrected chi connectivity index (χ4v) is 2.77. The Morgan fingerprint density at radius 2 is 1.86 bits per heavy atom. The van der Waals surface area contributed by atoms with Gasteiger partial charge in [-0.1, -0.05) is 26.0 Å². The summed E-state index contributed by atoms with van der Waals surface area (Å²) in [6.07, 6.45) is 1.34. The average Bonchev–Trinajstić information content (AvgIpc) is 2.77. The van der Waals surface area contributed by atoms with Gasteiger partial charge in [0.2, 0.25) is 0 Å². The molecule has 2 rings (SSSR count). The number of carbonyl (C=O) groups is 3. The SMILES string of the molecule is COc1ccc(CC2C(=O)C[C@H](C(C)(C)C=O)C2=O)cc1. The Kier molecular flexibility index (Phi) is 4.26. The molecule has 0 aliphatic heterocycles. The molecule has 0 saturated heterocycles. The molecule has 0 bridgehead atoms. The molecule has 0 N–H and O–H groups in total. The summed E-state index contributed by atoms with van der Waals surface area (Å²) in [5.41, 5.74) is 0.147. The minimum atomic E-state index is -0.776. The van der Waals surface area contributed by atoms with E-state index in [0.29, 0.717) is 6.42 Å². The van der Waals surface area contributed by atoms with Gasteiger partial charge in [0.25, 0.3) is 0 Å². The van der Waals surface area contributed by atoms with Crippen molar-refractivity contribution in [2.24, 2.45) is 17.3 Å². The van der Waals surface area contributed by atoms with Crippen LogP contribution in [0.25, 0.3) is 0 Å². The smallest absolute Gasteiger partial charge is 0.148 e. The minimum absolute atomic E-state index is 0.0595. The highest BCUT2D eigenvalue weighted by Gasteiger charge is 2.47. The van der Waals surface area contributed by atoms with E-state index in [2.05, 4.69) is 0 Å². The first-order valence-corrected chi connectivity index (χ1v) is 7.04. The molecule has 4 nitrogen and oxygen atoms in total. The van der Waals surface area contributed by atoms with Crippen LogP contribution in [0.4, 0.5) is 0 Å². The summed E-state index contributed by atoms with van der Waals surface area (Å²) in [6.45, 7) is 3.43. The molecule has 1 unspecified atom stereocenters. The molecule has 1 saturated carbocycles. The minimum Gasteiger partial charge on any atom is -0.497 e. The molecular formula is C17H20O4. The molecule has 1 aliphatic carbocycles. The van der Waals surface area contributed by atoms with Gasteiger partial charge in [-0.3, -0.25) is 9.59 Å². The van der Waals surface area contributed by atoms with Crippen molar-refractivity contribution in [3.8, 4) is 5.75 Å². The fraction of sp³-hybridized carbons (Fsp3) is 0.471. The number of hydrogen-bond donors (Lipinski definition) is 0. The van der Waals surface area contributed by atoms with Gasteiger partial charge in [-0.05, 0) is 24.1 Å². The van der Waals surface area contributed by atoms with Gasteiger partial charge in [0.05, 0.1) is 13.0 Å². The van der Waals surface area contributed by atoms with Gasteiger partial charge in [-0.15, -0.1) is 0 Å². The number of Topliss-reactive ketones (excluding diaryl/α,β-unsaturated/α-hetero) is 2. The zero-order chi connectivity index (χ0) is 15.6. The van der Waals surface area contributed by atoms with Gasteiger partial charge in [0.1, 0.15) is 23.6 Å². The van der Waals surface area contributed by atoms with Crippen molar-refractivity contribution in [3.63, 3.8) is 0 Å². The molecule has 112 valence electrons. The maximum atomic E-state index is 12.4. The third-order valence-corrected chi connectivity index (χ3v) is 4.28. The molecule has 0 aromatic heterocycles. The summed E-state index contributed by atoms with van der Waals surface area (Å²) in [6, 6.07) is 7.34. The Balaban J connectivity index is 2.15. The van der Waals surface area contributed by atoms with Crippen molar-refractivity contribution in [2.75, 3.05) is 7.11 Å². The van der Waals surface area contributed by atoms with Crippen LogP contribution in [0.15, 0.2) is 24.3 Å². The van der Waals surface area contributed by atoms with Crippen LogP contribution < -0.4 is 4.74 Å². The molecule has 1 aromatic rings. The average molecular weight is 288 g/mol. The lowest BCUT2D eigenvalue weighted by molar-refractivity contribution is -0.132. The largest absolute Gasteiger partial charge is 0.497 e. The van der Waals surface area contributed by atoms with Crippen LogP contribution in [0.1, 0.15) is 25.8 Å². The van der Waals surface area contributed by atoms with E-state index >= 15 is 0 Å². The highest BCUT2D eigenvalue weighted by atomic mass is 16.5. The van der Waals surface area contributed by atoms with E-state index in [1.54, 1.807) is 21.0 Å². The van der Waals surface area contributed by atoms with Crippen LogP contribution in [-0.2, 0) is 20.8 Å². The quantitative estimate of drug-likeness (QED) is 0.616. The molecule has 4 heteroatoms. The van der Waals surface area contributed by atoms with E-state index in [-0.39, 0.29) is 18.0 Å². The maximum absolute atomic E-state index is 12.4. The second-order valence-electron chi connectivity index (χ2n) is 6.17. The molecule has 1 aromatic carbocycles.